The molecule has 0 aliphatic carbocycles. The molecule has 0 fully saturated rings. The first-order chi connectivity index (χ1) is 9.61. The summed E-state index contributed by atoms with van der Waals surface area (Å²) in [5.41, 5.74) is 0.694. The number of carboxylic acids is 1. The minimum absolute atomic E-state index is 0.363. The molecule has 0 saturated heterocycles. The Labute approximate surface area is 131 Å². The molecule has 0 spiro atoms. The zero-order chi connectivity index (χ0) is 14.5. The Balaban J connectivity index is 2.12. The van der Waals surface area contributed by atoms with Crippen LogP contribution < -0.4 is 0 Å². The summed E-state index contributed by atoms with van der Waals surface area (Å²) in [6.45, 7) is 2.02. The van der Waals surface area contributed by atoms with E-state index in [4.69, 9.17) is 11.6 Å². The minimum Gasteiger partial charge on any atom is -0.477 e. The van der Waals surface area contributed by atoms with Gasteiger partial charge in [0.1, 0.15) is 9.88 Å². The normalized spacial score (nSPS) is 10.7. The number of hydrogen-bond acceptors (Lipinski definition) is 4. The van der Waals surface area contributed by atoms with E-state index in [1.165, 1.54) is 11.3 Å². The lowest BCUT2D eigenvalue weighted by atomic mass is 10.2. The minimum atomic E-state index is -0.889. The highest BCUT2D eigenvalue weighted by molar-refractivity contribution is 7.98. The van der Waals surface area contributed by atoms with Crippen molar-refractivity contribution in [2.24, 2.45) is 0 Å². The number of thiazole rings is 1. The van der Waals surface area contributed by atoms with Crippen LogP contribution in [0.5, 0.6) is 0 Å². The van der Waals surface area contributed by atoms with Gasteiger partial charge in [-0.05, 0) is 18.6 Å². The van der Waals surface area contributed by atoms with Crippen LogP contribution in [0, 0.1) is 0 Å². The van der Waals surface area contributed by atoms with E-state index >= 15 is 0 Å². The lowest BCUT2D eigenvalue weighted by Gasteiger charge is -2.01. The van der Waals surface area contributed by atoms with Gasteiger partial charge in [-0.2, -0.15) is 0 Å². The van der Waals surface area contributed by atoms with Crippen molar-refractivity contribution in [2.45, 2.75) is 30.4 Å². The standard InChI is InChI=1S/C14H14ClNO2S2/c1-2-5-10-13(14(17)18)20-12(16-10)8-19-11-7-4-3-6-9(11)15/h3-4,6-7H,2,5,8H2,1H3,(H,17,18). The Hall–Kier alpha value is -1.04. The van der Waals surface area contributed by atoms with Gasteiger partial charge in [0.2, 0.25) is 0 Å². The van der Waals surface area contributed by atoms with Crippen LogP contribution in [0.2, 0.25) is 5.02 Å². The zero-order valence-electron chi connectivity index (χ0n) is 10.9. The van der Waals surface area contributed by atoms with Crippen molar-refractivity contribution in [1.82, 2.24) is 4.98 Å². The Morgan fingerprint density at radius 1 is 1.45 bits per heavy atom. The fourth-order valence-corrected chi connectivity index (χ4v) is 3.92. The van der Waals surface area contributed by atoms with Gasteiger partial charge in [-0.15, -0.1) is 23.1 Å². The first kappa shape index (κ1) is 15.4. The van der Waals surface area contributed by atoms with E-state index in [2.05, 4.69) is 4.98 Å². The van der Waals surface area contributed by atoms with Crippen LogP contribution >= 0.6 is 34.7 Å². The molecule has 2 rings (SSSR count). The van der Waals surface area contributed by atoms with Crippen LogP contribution in [0.25, 0.3) is 0 Å². The Bertz CT molecular complexity index is 613. The molecule has 20 heavy (non-hydrogen) atoms. The molecule has 1 N–H and O–H groups in total. The number of carbonyl (C=O) groups is 1. The van der Waals surface area contributed by atoms with Gasteiger partial charge in [0.15, 0.2) is 0 Å². The molecule has 0 aliphatic rings. The number of carboxylic acid groups (broad SMARTS) is 1. The van der Waals surface area contributed by atoms with Gasteiger partial charge in [0, 0.05) is 4.90 Å². The van der Waals surface area contributed by atoms with Crippen molar-refractivity contribution >= 4 is 40.7 Å². The number of nitrogens with zero attached hydrogens (tertiary/aromatic N) is 1. The summed E-state index contributed by atoms with van der Waals surface area (Å²) in [5.74, 6) is -0.252. The maximum atomic E-state index is 11.2. The number of rotatable bonds is 6. The molecule has 1 aromatic carbocycles. The smallest absolute Gasteiger partial charge is 0.347 e. The van der Waals surface area contributed by atoms with E-state index in [1.54, 1.807) is 11.8 Å². The van der Waals surface area contributed by atoms with Gasteiger partial charge >= 0.3 is 5.97 Å². The molecule has 0 aliphatic heterocycles. The van der Waals surface area contributed by atoms with Crippen molar-refractivity contribution in [2.75, 3.05) is 0 Å². The molecule has 0 radical (unpaired) electrons. The molecular weight excluding hydrogens is 314 g/mol. The summed E-state index contributed by atoms with van der Waals surface area (Å²) >= 11 is 8.93. The average Bonchev–Trinajstić information content (AvgIpc) is 2.82. The summed E-state index contributed by atoms with van der Waals surface area (Å²) in [6.07, 6.45) is 1.59. The maximum Gasteiger partial charge on any atom is 0.347 e. The van der Waals surface area contributed by atoms with E-state index in [9.17, 15) is 9.90 Å². The van der Waals surface area contributed by atoms with E-state index in [0.29, 0.717) is 27.8 Å². The number of aromatic nitrogens is 1. The fraction of sp³-hybridized carbons (Fsp3) is 0.286. The van der Waals surface area contributed by atoms with Crippen LogP contribution in [0.4, 0.5) is 0 Å². The molecule has 106 valence electrons. The number of benzene rings is 1. The first-order valence-corrected chi connectivity index (χ1v) is 8.39. The summed E-state index contributed by atoms with van der Waals surface area (Å²) in [5, 5.41) is 10.7. The number of aromatic carboxylic acids is 1. The lowest BCUT2D eigenvalue weighted by Crippen LogP contribution is -1.98. The fourth-order valence-electron chi connectivity index (χ4n) is 1.74. The van der Waals surface area contributed by atoms with E-state index in [1.807, 2.05) is 31.2 Å². The molecule has 1 aromatic heterocycles. The van der Waals surface area contributed by atoms with Gasteiger partial charge < -0.3 is 5.11 Å². The largest absolute Gasteiger partial charge is 0.477 e. The quantitative estimate of drug-likeness (QED) is 0.778. The van der Waals surface area contributed by atoms with E-state index < -0.39 is 5.97 Å². The molecule has 6 heteroatoms. The second kappa shape index (κ2) is 7.11. The van der Waals surface area contributed by atoms with Gasteiger partial charge in [-0.25, -0.2) is 9.78 Å². The molecule has 2 aromatic rings. The maximum absolute atomic E-state index is 11.2. The van der Waals surface area contributed by atoms with Crippen molar-refractivity contribution in [1.29, 1.82) is 0 Å². The summed E-state index contributed by atoms with van der Waals surface area (Å²) in [4.78, 5) is 17.0. The van der Waals surface area contributed by atoms with Gasteiger partial charge in [-0.3, -0.25) is 0 Å². The number of thioether (sulfide) groups is 1. The number of aryl methyl sites for hydroxylation is 1. The third-order valence-corrected chi connectivity index (χ3v) is 5.41. The highest BCUT2D eigenvalue weighted by atomic mass is 35.5. The molecule has 0 saturated carbocycles. The SMILES string of the molecule is CCCc1nc(CSc2ccccc2Cl)sc1C(=O)O. The molecule has 0 amide bonds. The predicted octanol–water partition coefficient (Wildman–Crippen LogP) is 4.74. The highest BCUT2D eigenvalue weighted by Gasteiger charge is 2.16. The Morgan fingerprint density at radius 3 is 2.85 bits per heavy atom. The molecule has 0 atom stereocenters. The monoisotopic (exact) mass is 327 g/mol. The van der Waals surface area contributed by atoms with Crippen molar-refractivity contribution < 1.29 is 9.90 Å². The summed E-state index contributed by atoms with van der Waals surface area (Å²) in [7, 11) is 0. The van der Waals surface area contributed by atoms with Gasteiger partial charge in [-0.1, -0.05) is 37.1 Å². The van der Waals surface area contributed by atoms with Crippen molar-refractivity contribution in [3.8, 4) is 0 Å². The highest BCUT2D eigenvalue weighted by Crippen LogP contribution is 2.31. The lowest BCUT2D eigenvalue weighted by molar-refractivity contribution is 0.0700. The van der Waals surface area contributed by atoms with Gasteiger partial charge in [0.05, 0.1) is 16.5 Å². The number of hydrogen-bond donors (Lipinski definition) is 1. The van der Waals surface area contributed by atoms with E-state index in [0.717, 1.165) is 16.3 Å². The second-order valence-electron chi connectivity index (χ2n) is 4.16. The third-order valence-electron chi connectivity index (χ3n) is 2.61. The van der Waals surface area contributed by atoms with Crippen molar-refractivity contribution in [3.63, 3.8) is 0 Å². The molecular formula is C14H14ClNO2S2. The van der Waals surface area contributed by atoms with Gasteiger partial charge in [0.25, 0.3) is 0 Å². The average molecular weight is 328 g/mol. The molecule has 0 unspecified atom stereocenters. The first-order valence-electron chi connectivity index (χ1n) is 6.21. The van der Waals surface area contributed by atoms with Crippen LogP contribution in [0.15, 0.2) is 29.2 Å². The van der Waals surface area contributed by atoms with E-state index in [-0.39, 0.29) is 0 Å². The third kappa shape index (κ3) is 3.75. The zero-order valence-corrected chi connectivity index (χ0v) is 13.3. The number of halogens is 1. The molecule has 3 nitrogen and oxygen atoms in total. The molecule has 1 heterocycles. The predicted molar refractivity (Wildman–Crippen MR) is 84.1 cm³/mol. The molecule has 0 bridgehead atoms. The summed E-state index contributed by atoms with van der Waals surface area (Å²) in [6, 6.07) is 7.61. The van der Waals surface area contributed by atoms with Crippen LogP contribution in [0.1, 0.15) is 33.7 Å². The van der Waals surface area contributed by atoms with Crippen molar-refractivity contribution in [3.05, 3.63) is 44.9 Å². The summed E-state index contributed by atoms with van der Waals surface area (Å²) < 4.78 is 0. The second-order valence-corrected chi connectivity index (χ2v) is 6.67. The Kier molecular flexibility index (Phi) is 5.46. The van der Waals surface area contributed by atoms with Crippen LogP contribution in [0.3, 0.4) is 0 Å². The van der Waals surface area contributed by atoms with Crippen LogP contribution in [-0.4, -0.2) is 16.1 Å². The Morgan fingerprint density at radius 2 is 2.20 bits per heavy atom. The van der Waals surface area contributed by atoms with Crippen LogP contribution in [-0.2, 0) is 12.2 Å². The topological polar surface area (TPSA) is 50.2 Å².